The van der Waals surface area contributed by atoms with Gasteiger partial charge in [-0.2, -0.15) is 26.3 Å². The molecule has 6 nitrogen and oxygen atoms in total. The highest BCUT2D eigenvalue weighted by Crippen LogP contribution is 2.47. The van der Waals surface area contributed by atoms with E-state index in [1.165, 1.54) is 4.90 Å². The zero-order valence-corrected chi connectivity index (χ0v) is 25.1. The molecule has 1 heterocycles. The molecule has 1 aliphatic heterocycles. The standard InChI is InChI=1S/C30H33F6N3O3S/c1-16-25(17-10-19(29(31,32)33)12-20(11-17)30(34,35)36)42-27(40)39(16)15-18-14-28(2,3)9-8-22(18)23-13-21(38-26(43)37-4)6-7-24(23)41-5/h6-7,10-13,16,25H,8-9,14-15H2,1-5H3,(H2,37,38,43)/t16-,25-/m0/s1. The van der Waals surface area contributed by atoms with Crippen LogP contribution in [0.2, 0.25) is 0 Å². The number of nitrogens with zero attached hydrogens (tertiary/aromatic N) is 1. The highest BCUT2D eigenvalue weighted by atomic mass is 32.1. The molecule has 0 bridgehead atoms. The summed E-state index contributed by atoms with van der Waals surface area (Å²) in [7, 11) is 3.24. The van der Waals surface area contributed by atoms with Gasteiger partial charge in [0, 0.05) is 24.8 Å². The number of ether oxygens (including phenoxy) is 2. The van der Waals surface area contributed by atoms with Crippen LogP contribution in [0.15, 0.2) is 42.0 Å². The Kier molecular flexibility index (Phi) is 8.97. The number of amides is 1. The van der Waals surface area contributed by atoms with Crippen molar-refractivity contribution in [1.82, 2.24) is 10.2 Å². The molecule has 2 aliphatic rings. The van der Waals surface area contributed by atoms with Crippen molar-refractivity contribution < 1.29 is 40.6 Å². The van der Waals surface area contributed by atoms with E-state index in [9.17, 15) is 31.1 Å². The molecule has 0 radical (unpaired) electrons. The Morgan fingerprint density at radius 1 is 1.09 bits per heavy atom. The van der Waals surface area contributed by atoms with E-state index in [-0.39, 0.29) is 23.6 Å². The molecular formula is C30H33F6N3O3S. The number of nitrogens with one attached hydrogen (secondary N) is 2. The molecule has 0 spiro atoms. The van der Waals surface area contributed by atoms with Gasteiger partial charge in [-0.05, 0) is 96.9 Å². The van der Waals surface area contributed by atoms with E-state index < -0.39 is 41.7 Å². The van der Waals surface area contributed by atoms with Crippen molar-refractivity contribution in [2.24, 2.45) is 5.41 Å². The fourth-order valence-corrected chi connectivity index (χ4v) is 5.73. The van der Waals surface area contributed by atoms with Gasteiger partial charge in [-0.1, -0.05) is 13.8 Å². The lowest BCUT2D eigenvalue weighted by Crippen LogP contribution is -2.35. The summed E-state index contributed by atoms with van der Waals surface area (Å²) < 4.78 is 92.2. The number of hydrogen-bond acceptors (Lipinski definition) is 4. The third-order valence-corrected chi connectivity index (χ3v) is 8.18. The lowest BCUT2D eigenvalue weighted by molar-refractivity contribution is -0.143. The minimum Gasteiger partial charge on any atom is -0.496 e. The van der Waals surface area contributed by atoms with Crippen LogP contribution in [-0.4, -0.2) is 42.8 Å². The predicted octanol–water partition coefficient (Wildman–Crippen LogP) is 8.19. The van der Waals surface area contributed by atoms with Crippen LogP contribution in [-0.2, 0) is 17.1 Å². The number of anilines is 1. The number of rotatable bonds is 6. The third-order valence-electron chi connectivity index (χ3n) is 7.87. The second-order valence-electron chi connectivity index (χ2n) is 11.6. The maximum Gasteiger partial charge on any atom is 0.416 e. The summed E-state index contributed by atoms with van der Waals surface area (Å²) in [5.74, 6) is 0.603. The Labute approximate surface area is 251 Å². The number of alkyl halides is 6. The van der Waals surface area contributed by atoms with Gasteiger partial charge in [-0.25, -0.2) is 4.79 Å². The first-order chi connectivity index (χ1) is 19.9. The first-order valence-corrected chi connectivity index (χ1v) is 14.0. The summed E-state index contributed by atoms with van der Waals surface area (Å²) in [6.45, 7) is 5.83. The molecule has 0 unspecified atom stereocenters. The molecule has 0 aromatic heterocycles. The van der Waals surface area contributed by atoms with Crippen LogP contribution in [0.3, 0.4) is 0 Å². The van der Waals surface area contributed by atoms with E-state index in [2.05, 4.69) is 24.5 Å². The van der Waals surface area contributed by atoms with Crippen LogP contribution in [0, 0.1) is 5.41 Å². The first-order valence-electron chi connectivity index (χ1n) is 13.6. The van der Waals surface area contributed by atoms with Crippen molar-refractivity contribution in [3.05, 3.63) is 64.2 Å². The monoisotopic (exact) mass is 629 g/mol. The second-order valence-corrected chi connectivity index (χ2v) is 12.0. The molecule has 1 fully saturated rings. The number of thiocarbonyl (C=S) groups is 1. The van der Waals surface area contributed by atoms with Crippen LogP contribution in [0.5, 0.6) is 5.75 Å². The van der Waals surface area contributed by atoms with Crippen LogP contribution >= 0.6 is 12.2 Å². The van der Waals surface area contributed by atoms with Gasteiger partial charge in [-0.15, -0.1) is 0 Å². The summed E-state index contributed by atoms with van der Waals surface area (Å²) in [5.41, 5.74) is -0.0704. The number of methoxy groups -OCH3 is 1. The smallest absolute Gasteiger partial charge is 0.416 e. The molecular weight excluding hydrogens is 596 g/mol. The van der Waals surface area contributed by atoms with Gasteiger partial charge in [0.15, 0.2) is 5.11 Å². The van der Waals surface area contributed by atoms with Crippen molar-refractivity contribution in [2.45, 2.75) is 64.5 Å². The Morgan fingerprint density at radius 3 is 2.28 bits per heavy atom. The van der Waals surface area contributed by atoms with Crippen LogP contribution in [0.25, 0.3) is 5.57 Å². The topological polar surface area (TPSA) is 62.8 Å². The SMILES string of the molecule is CNC(=S)Nc1ccc(OC)c(C2=C(CN3C(=O)O[C@H](c4cc(C(F)(F)F)cc(C(F)(F)F)c4)[C@@H]3C)CC(C)(C)CC2)c1. The number of carbonyl (C=O) groups is 1. The Bertz CT molecular complexity index is 1400. The van der Waals surface area contributed by atoms with E-state index in [1.807, 2.05) is 12.1 Å². The number of benzene rings is 2. The number of hydrogen-bond donors (Lipinski definition) is 2. The van der Waals surface area contributed by atoms with Crippen LogP contribution in [0.1, 0.15) is 68.4 Å². The molecule has 1 saturated heterocycles. The molecule has 1 amide bonds. The molecule has 234 valence electrons. The molecule has 2 aromatic carbocycles. The van der Waals surface area contributed by atoms with Crippen molar-refractivity contribution >= 4 is 34.7 Å². The average Bonchev–Trinajstić information content (AvgIpc) is 3.20. The average molecular weight is 630 g/mol. The Hall–Kier alpha value is -3.48. The van der Waals surface area contributed by atoms with Gasteiger partial charge in [0.2, 0.25) is 0 Å². The van der Waals surface area contributed by atoms with Gasteiger partial charge < -0.3 is 20.1 Å². The minimum absolute atomic E-state index is 0.0591. The van der Waals surface area contributed by atoms with Gasteiger partial charge in [0.1, 0.15) is 11.9 Å². The number of halogens is 6. The third kappa shape index (κ3) is 7.19. The van der Waals surface area contributed by atoms with E-state index in [0.717, 1.165) is 23.1 Å². The van der Waals surface area contributed by atoms with Crippen LogP contribution in [0.4, 0.5) is 36.8 Å². The first kappa shape index (κ1) is 32.4. The molecule has 2 aromatic rings. The minimum atomic E-state index is -5.02. The quantitative estimate of drug-likeness (QED) is 0.248. The lowest BCUT2D eigenvalue weighted by Gasteiger charge is -2.36. The fraction of sp³-hybridized carbons (Fsp3) is 0.467. The molecule has 1 aliphatic carbocycles. The Balaban J connectivity index is 1.74. The molecule has 4 rings (SSSR count). The van der Waals surface area contributed by atoms with Crippen LogP contribution < -0.4 is 15.4 Å². The largest absolute Gasteiger partial charge is 0.496 e. The highest BCUT2D eigenvalue weighted by molar-refractivity contribution is 7.80. The summed E-state index contributed by atoms with van der Waals surface area (Å²) in [6, 6.07) is 5.94. The molecule has 43 heavy (non-hydrogen) atoms. The predicted molar refractivity (Wildman–Crippen MR) is 155 cm³/mol. The molecule has 13 heteroatoms. The lowest BCUT2D eigenvalue weighted by atomic mass is 9.72. The van der Waals surface area contributed by atoms with Gasteiger partial charge in [-0.3, -0.25) is 4.90 Å². The maximum absolute atomic E-state index is 13.5. The van der Waals surface area contributed by atoms with E-state index in [1.54, 1.807) is 27.1 Å². The van der Waals surface area contributed by atoms with Crippen molar-refractivity contribution in [3.8, 4) is 5.75 Å². The van der Waals surface area contributed by atoms with Crippen molar-refractivity contribution in [3.63, 3.8) is 0 Å². The number of cyclic esters (lactones) is 1. The number of allylic oxidation sites excluding steroid dienone is 1. The number of carbonyl (C=O) groups excluding carboxylic acids is 1. The summed E-state index contributed by atoms with van der Waals surface area (Å²) >= 11 is 5.23. The van der Waals surface area contributed by atoms with Crippen molar-refractivity contribution in [1.29, 1.82) is 0 Å². The van der Waals surface area contributed by atoms with Gasteiger partial charge in [0.25, 0.3) is 0 Å². The molecule has 0 saturated carbocycles. The fourth-order valence-electron chi connectivity index (χ4n) is 5.61. The van der Waals surface area contributed by atoms with E-state index in [0.29, 0.717) is 41.5 Å². The summed E-state index contributed by atoms with van der Waals surface area (Å²) in [4.78, 5) is 14.5. The highest BCUT2D eigenvalue weighted by Gasteiger charge is 2.44. The zero-order valence-electron chi connectivity index (χ0n) is 24.3. The Morgan fingerprint density at radius 2 is 1.72 bits per heavy atom. The van der Waals surface area contributed by atoms with Gasteiger partial charge in [0.05, 0.1) is 24.3 Å². The summed E-state index contributed by atoms with van der Waals surface area (Å²) in [5, 5.41) is 6.36. The zero-order chi connectivity index (χ0) is 31.9. The van der Waals surface area contributed by atoms with Crippen molar-refractivity contribution in [2.75, 3.05) is 26.0 Å². The van der Waals surface area contributed by atoms with Gasteiger partial charge >= 0.3 is 18.4 Å². The van der Waals surface area contributed by atoms with E-state index >= 15 is 0 Å². The molecule has 2 atom stereocenters. The maximum atomic E-state index is 13.5. The molecule has 2 N–H and O–H groups in total. The normalized spacial score (nSPS) is 20.6. The summed E-state index contributed by atoms with van der Waals surface area (Å²) in [6.07, 6.45) is -10.1. The van der Waals surface area contributed by atoms with E-state index in [4.69, 9.17) is 21.7 Å². The second kappa shape index (κ2) is 11.9.